The summed E-state index contributed by atoms with van der Waals surface area (Å²) in [5, 5.41) is 6.26. The number of benzene rings is 1. The van der Waals surface area contributed by atoms with E-state index in [9.17, 15) is 14.4 Å². The summed E-state index contributed by atoms with van der Waals surface area (Å²) in [6.45, 7) is 5.50. The molecule has 1 aliphatic carbocycles. The first-order valence-corrected chi connectivity index (χ1v) is 14.2. The zero-order valence-electron chi connectivity index (χ0n) is 23.1. The minimum atomic E-state index is -1.11. The van der Waals surface area contributed by atoms with Crippen molar-refractivity contribution in [1.82, 2.24) is 15.1 Å². The van der Waals surface area contributed by atoms with Crippen molar-refractivity contribution in [2.75, 3.05) is 32.5 Å². The molecule has 38 heavy (non-hydrogen) atoms. The van der Waals surface area contributed by atoms with Gasteiger partial charge < -0.3 is 25.2 Å². The molecule has 1 spiro atoms. The van der Waals surface area contributed by atoms with Gasteiger partial charge in [-0.25, -0.2) is 0 Å². The van der Waals surface area contributed by atoms with E-state index in [0.717, 1.165) is 38.6 Å². The standard InChI is InChI=1S/C30H42N4O4/c1-19(2)20-11-13-22(14-12-20)31-27(35)24-23-15-16-30(38-23)25(24)29(37)34(18-8-17-33(3)4)26(30)28(36)32-21-9-6-5-7-10-21/h11-16,19,21,23-26H,5-10,17-18H2,1-4H3,(H,31,35)(H,32,36)/t23-,24+,25-,26-,30-/m0/s1. The molecule has 4 aliphatic rings. The van der Waals surface area contributed by atoms with Gasteiger partial charge >= 0.3 is 0 Å². The second-order valence-electron chi connectivity index (χ2n) is 12.0. The van der Waals surface area contributed by atoms with Crippen molar-refractivity contribution < 1.29 is 19.1 Å². The minimum absolute atomic E-state index is 0.126. The van der Waals surface area contributed by atoms with Gasteiger partial charge in [-0.15, -0.1) is 0 Å². The van der Waals surface area contributed by atoms with Crippen LogP contribution in [0.1, 0.15) is 63.9 Å². The Balaban J connectivity index is 1.39. The van der Waals surface area contributed by atoms with Crippen LogP contribution < -0.4 is 10.6 Å². The lowest BCUT2D eigenvalue weighted by Crippen LogP contribution is -2.56. The fraction of sp³-hybridized carbons (Fsp3) is 0.633. The number of likely N-dealkylation sites (tertiary alicyclic amines) is 1. The Kier molecular flexibility index (Phi) is 7.65. The third-order valence-electron chi connectivity index (χ3n) is 8.73. The molecular weight excluding hydrogens is 480 g/mol. The van der Waals surface area contributed by atoms with Crippen LogP contribution in [0.25, 0.3) is 0 Å². The molecule has 3 amide bonds. The first-order valence-electron chi connectivity index (χ1n) is 14.2. The summed E-state index contributed by atoms with van der Waals surface area (Å²) in [7, 11) is 3.99. The molecule has 8 nitrogen and oxygen atoms in total. The van der Waals surface area contributed by atoms with Crippen LogP contribution in [0.3, 0.4) is 0 Å². The second-order valence-corrected chi connectivity index (χ2v) is 12.0. The van der Waals surface area contributed by atoms with E-state index in [0.29, 0.717) is 18.2 Å². The van der Waals surface area contributed by atoms with Gasteiger partial charge in [0.05, 0.1) is 17.9 Å². The van der Waals surface area contributed by atoms with Crippen LogP contribution in [0.5, 0.6) is 0 Å². The molecule has 1 aromatic rings. The van der Waals surface area contributed by atoms with Crippen molar-refractivity contribution in [3.8, 4) is 0 Å². The molecule has 3 aliphatic heterocycles. The number of hydrogen-bond acceptors (Lipinski definition) is 5. The Bertz CT molecular complexity index is 1080. The second kappa shape index (κ2) is 10.8. The average Bonchev–Trinajstić information content (AvgIpc) is 3.52. The number of amides is 3. The van der Waals surface area contributed by atoms with E-state index in [2.05, 4.69) is 29.4 Å². The number of nitrogens with zero attached hydrogens (tertiary/aromatic N) is 2. The Morgan fingerprint density at radius 1 is 1.11 bits per heavy atom. The lowest BCUT2D eigenvalue weighted by Gasteiger charge is -2.34. The fourth-order valence-corrected chi connectivity index (χ4v) is 6.77. The summed E-state index contributed by atoms with van der Waals surface area (Å²) in [6.07, 6.45) is 9.31. The van der Waals surface area contributed by atoms with Crippen LogP contribution in [0.2, 0.25) is 0 Å². The summed E-state index contributed by atoms with van der Waals surface area (Å²) < 4.78 is 6.45. The summed E-state index contributed by atoms with van der Waals surface area (Å²) in [5.41, 5.74) is 0.779. The van der Waals surface area contributed by atoms with E-state index in [1.165, 1.54) is 12.0 Å². The third-order valence-corrected chi connectivity index (χ3v) is 8.73. The number of fused-ring (bicyclic) bond motifs is 1. The molecule has 3 heterocycles. The molecule has 2 saturated heterocycles. The highest BCUT2D eigenvalue weighted by atomic mass is 16.5. The topological polar surface area (TPSA) is 91.0 Å². The van der Waals surface area contributed by atoms with Gasteiger partial charge in [0.25, 0.3) is 0 Å². The molecule has 206 valence electrons. The zero-order valence-corrected chi connectivity index (χ0v) is 23.1. The van der Waals surface area contributed by atoms with Gasteiger partial charge in [-0.05, 0) is 63.5 Å². The molecule has 5 rings (SSSR count). The molecule has 1 aromatic carbocycles. The largest absolute Gasteiger partial charge is 0.359 e. The highest BCUT2D eigenvalue weighted by Gasteiger charge is 2.72. The molecule has 2 N–H and O–H groups in total. The van der Waals surface area contributed by atoms with Crippen LogP contribution in [0, 0.1) is 11.8 Å². The number of rotatable bonds is 9. The van der Waals surface area contributed by atoms with Crippen LogP contribution in [-0.4, -0.2) is 78.5 Å². The summed E-state index contributed by atoms with van der Waals surface area (Å²) in [5.74, 6) is -1.55. The molecule has 1 saturated carbocycles. The predicted molar refractivity (Wildman–Crippen MR) is 147 cm³/mol. The maximum absolute atomic E-state index is 14.0. The van der Waals surface area contributed by atoms with Crippen molar-refractivity contribution in [2.24, 2.45) is 11.8 Å². The van der Waals surface area contributed by atoms with Crippen LogP contribution in [0.4, 0.5) is 5.69 Å². The SMILES string of the molecule is CC(C)c1ccc(NC(=O)[C@@H]2[C@@H]3C=C[C@]4(O3)[C@@H]2C(=O)N(CCCN(C)C)[C@H]4C(=O)NC2CCCCC2)cc1. The Morgan fingerprint density at radius 3 is 2.47 bits per heavy atom. The molecule has 5 atom stereocenters. The number of nitrogens with one attached hydrogen (secondary N) is 2. The highest BCUT2D eigenvalue weighted by Crippen LogP contribution is 2.55. The maximum atomic E-state index is 14.0. The van der Waals surface area contributed by atoms with E-state index in [4.69, 9.17) is 4.74 Å². The van der Waals surface area contributed by atoms with E-state index in [-0.39, 0.29) is 23.8 Å². The lowest BCUT2D eigenvalue weighted by molar-refractivity contribution is -0.141. The number of anilines is 1. The molecular formula is C30H42N4O4. The zero-order chi connectivity index (χ0) is 27.0. The predicted octanol–water partition coefficient (Wildman–Crippen LogP) is 3.30. The van der Waals surface area contributed by atoms with Crippen molar-refractivity contribution in [3.63, 3.8) is 0 Å². The van der Waals surface area contributed by atoms with Crippen LogP contribution >= 0.6 is 0 Å². The van der Waals surface area contributed by atoms with Crippen LogP contribution in [0.15, 0.2) is 36.4 Å². The number of carbonyl (C=O) groups excluding carboxylic acids is 3. The van der Waals surface area contributed by atoms with Gasteiger partial charge in [0.2, 0.25) is 17.7 Å². The van der Waals surface area contributed by atoms with Gasteiger partial charge in [-0.2, -0.15) is 0 Å². The fourth-order valence-electron chi connectivity index (χ4n) is 6.77. The molecule has 8 heteroatoms. The Morgan fingerprint density at radius 2 is 1.82 bits per heavy atom. The van der Waals surface area contributed by atoms with Gasteiger partial charge in [0, 0.05) is 18.3 Å². The van der Waals surface area contributed by atoms with Crippen LogP contribution in [-0.2, 0) is 19.1 Å². The van der Waals surface area contributed by atoms with E-state index in [1.807, 2.05) is 50.5 Å². The van der Waals surface area contributed by atoms with E-state index in [1.54, 1.807) is 4.90 Å². The van der Waals surface area contributed by atoms with Crippen molar-refractivity contribution in [3.05, 3.63) is 42.0 Å². The number of carbonyl (C=O) groups is 3. The summed E-state index contributed by atoms with van der Waals surface area (Å²) in [6, 6.07) is 7.18. The van der Waals surface area contributed by atoms with Gasteiger partial charge in [-0.3, -0.25) is 14.4 Å². The molecule has 2 bridgehead atoms. The highest BCUT2D eigenvalue weighted by molar-refractivity contribution is 6.02. The molecule has 0 aromatic heterocycles. The number of hydrogen-bond donors (Lipinski definition) is 2. The minimum Gasteiger partial charge on any atom is -0.359 e. The lowest BCUT2D eigenvalue weighted by atomic mass is 9.74. The van der Waals surface area contributed by atoms with Crippen molar-refractivity contribution in [2.45, 2.75) is 82.1 Å². The molecule has 0 radical (unpaired) electrons. The smallest absolute Gasteiger partial charge is 0.246 e. The quantitative estimate of drug-likeness (QED) is 0.486. The monoisotopic (exact) mass is 522 g/mol. The van der Waals surface area contributed by atoms with E-state index >= 15 is 0 Å². The summed E-state index contributed by atoms with van der Waals surface area (Å²) in [4.78, 5) is 45.2. The number of ether oxygens (including phenoxy) is 1. The maximum Gasteiger partial charge on any atom is 0.246 e. The molecule has 0 unspecified atom stereocenters. The van der Waals surface area contributed by atoms with E-state index < -0.39 is 29.6 Å². The first kappa shape index (κ1) is 26.9. The Hall–Kier alpha value is -2.71. The Labute approximate surface area is 226 Å². The van der Waals surface area contributed by atoms with Crippen molar-refractivity contribution in [1.29, 1.82) is 0 Å². The molecule has 3 fully saturated rings. The normalized spacial score (nSPS) is 30.4. The average molecular weight is 523 g/mol. The van der Waals surface area contributed by atoms with Gasteiger partial charge in [0.1, 0.15) is 11.6 Å². The van der Waals surface area contributed by atoms with Gasteiger partial charge in [0.15, 0.2) is 0 Å². The van der Waals surface area contributed by atoms with Crippen molar-refractivity contribution >= 4 is 23.4 Å². The first-order chi connectivity index (χ1) is 18.2. The third kappa shape index (κ3) is 4.89. The van der Waals surface area contributed by atoms with Gasteiger partial charge in [-0.1, -0.05) is 57.4 Å². The summed E-state index contributed by atoms with van der Waals surface area (Å²) >= 11 is 0.